The van der Waals surface area contributed by atoms with E-state index in [-0.39, 0.29) is 12.0 Å². The highest BCUT2D eigenvalue weighted by atomic mass is 16.5. The van der Waals surface area contributed by atoms with E-state index in [4.69, 9.17) is 4.74 Å². The predicted octanol–water partition coefficient (Wildman–Crippen LogP) is 2.43. The minimum Gasteiger partial charge on any atom is -0.468 e. The molecule has 2 atom stereocenters. The molecule has 0 amide bonds. The molecule has 1 saturated heterocycles. The number of carbonyl (C=O) groups excluding carboxylic acids is 1. The van der Waals surface area contributed by atoms with Gasteiger partial charge in [0.2, 0.25) is 0 Å². The molecule has 0 saturated carbocycles. The monoisotopic (exact) mass is 284 g/mol. The van der Waals surface area contributed by atoms with E-state index in [0.717, 1.165) is 19.5 Å². The molecule has 1 fully saturated rings. The molecule has 0 aromatic carbocycles. The minimum atomic E-state index is -0.590. The van der Waals surface area contributed by atoms with Gasteiger partial charge in [-0.1, -0.05) is 13.8 Å². The zero-order valence-electron chi connectivity index (χ0n) is 14.0. The molecule has 0 aromatic heterocycles. The Morgan fingerprint density at radius 3 is 2.55 bits per heavy atom. The maximum atomic E-state index is 12.1. The van der Waals surface area contributed by atoms with Crippen molar-refractivity contribution < 1.29 is 9.53 Å². The summed E-state index contributed by atoms with van der Waals surface area (Å²) in [6, 6.07) is 0.925. The molecule has 0 bridgehead atoms. The van der Waals surface area contributed by atoms with E-state index in [2.05, 4.69) is 37.9 Å². The summed E-state index contributed by atoms with van der Waals surface area (Å²) in [4.78, 5) is 14.6. The lowest BCUT2D eigenvalue weighted by Gasteiger charge is -2.34. The smallest absolute Gasteiger partial charge is 0.325 e. The van der Waals surface area contributed by atoms with E-state index in [1.807, 2.05) is 6.92 Å². The van der Waals surface area contributed by atoms with Crippen LogP contribution in [0.25, 0.3) is 0 Å². The van der Waals surface area contributed by atoms with Gasteiger partial charge < -0.3 is 9.64 Å². The molecule has 0 spiro atoms. The number of esters is 1. The molecule has 0 aliphatic carbocycles. The number of hydrogen-bond acceptors (Lipinski definition) is 4. The molecule has 0 radical (unpaired) electrons. The van der Waals surface area contributed by atoms with Crippen LogP contribution in [0.5, 0.6) is 0 Å². The Hall–Kier alpha value is -0.610. The van der Waals surface area contributed by atoms with E-state index >= 15 is 0 Å². The Balaban J connectivity index is 2.64. The molecule has 118 valence electrons. The Morgan fingerprint density at radius 1 is 1.40 bits per heavy atom. The molecule has 20 heavy (non-hydrogen) atoms. The lowest BCUT2D eigenvalue weighted by molar-refractivity contribution is -0.148. The van der Waals surface area contributed by atoms with Crippen molar-refractivity contribution in [2.75, 3.05) is 20.2 Å². The second-order valence-electron chi connectivity index (χ2n) is 6.86. The molecule has 1 aliphatic heterocycles. The largest absolute Gasteiger partial charge is 0.468 e. The fraction of sp³-hybridized carbons (Fsp3) is 0.938. The molecule has 4 heteroatoms. The Morgan fingerprint density at radius 2 is 2.05 bits per heavy atom. The first-order valence-corrected chi connectivity index (χ1v) is 7.90. The van der Waals surface area contributed by atoms with Crippen molar-refractivity contribution in [3.05, 3.63) is 0 Å². The molecule has 2 unspecified atom stereocenters. The first-order valence-electron chi connectivity index (χ1n) is 7.90. The number of hydrogen-bond donors (Lipinski definition) is 1. The van der Waals surface area contributed by atoms with Crippen molar-refractivity contribution in [3.8, 4) is 0 Å². The van der Waals surface area contributed by atoms with Crippen LogP contribution in [-0.2, 0) is 9.53 Å². The highest BCUT2D eigenvalue weighted by Crippen LogP contribution is 2.25. The van der Waals surface area contributed by atoms with Crippen LogP contribution in [0.4, 0.5) is 0 Å². The van der Waals surface area contributed by atoms with Crippen LogP contribution >= 0.6 is 0 Å². The second kappa shape index (κ2) is 7.41. The van der Waals surface area contributed by atoms with Gasteiger partial charge in [0, 0.05) is 18.6 Å². The first-order chi connectivity index (χ1) is 9.30. The Bertz CT molecular complexity index is 318. The van der Waals surface area contributed by atoms with Crippen LogP contribution in [0.1, 0.15) is 53.9 Å². The van der Waals surface area contributed by atoms with Gasteiger partial charge >= 0.3 is 5.97 Å². The number of nitrogens with one attached hydrogen (secondary N) is 1. The number of likely N-dealkylation sites (tertiary alicyclic amines) is 1. The lowest BCUT2D eigenvalue weighted by Crippen LogP contribution is -2.54. The fourth-order valence-electron chi connectivity index (χ4n) is 3.35. The third-order valence-corrected chi connectivity index (χ3v) is 4.33. The van der Waals surface area contributed by atoms with Crippen molar-refractivity contribution in [1.29, 1.82) is 0 Å². The number of ether oxygens (including phenoxy) is 1. The summed E-state index contributed by atoms with van der Waals surface area (Å²) >= 11 is 0. The second-order valence-corrected chi connectivity index (χ2v) is 6.86. The van der Waals surface area contributed by atoms with Crippen molar-refractivity contribution in [2.45, 2.75) is 71.5 Å². The SMILES string of the molecule is COC(=O)C(C)(CCN1CCCC1C(C)C)NC(C)C. The standard InChI is InChI=1S/C16H32N2O2/c1-12(2)14-8-7-10-18(14)11-9-16(5,15(19)20-6)17-13(3)4/h12-14,17H,7-11H2,1-6H3. The molecule has 1 aliphatic rings. The van der Waals surface area contributed by atoms with Crippen molar-refractivity contribution in [2.24, 2.45) is 5.92 Å². The normalized spacial score (nSPS) is 23.3. The minimum absolute atomic E-state index is 0.161. The average Bonchev–Trinajstić information content (AvgIpc) is 2.83. The van der Waals surface area contributed by atoms with Gasteiger partial charge in [0.15, 0.2) is 0 Å². The number of rotatable bonds is 7. The summed E-state index contributed by atoms with van der Waals surface area (Å²) in [5, 5.41) is 3.37. The first kappa shape index (κ1) is 17.4. The van der Waals surface area contributed by atoms with Crippen LogP contribution in [0, 0.1) is 5.92 Å². The van der Waals surface area contributed by atoms with Gasteiger partial charge in [0.1, 0.15) is 5.54 Å². The third kappa shape index (κ3) is 4.45. The zero-order valence-corrected chi connectivity index (χ0v) is 14.0. The summed E-state index contributed by atoms with van der Waals surface area (Å²) in [5.74, 6) is 0.520. The predicted molar refractivity (Wildman–Crippen MR) is 82.7 cm³/mol. The summed E-state index contributed by atoms with van der Waals surface area (Å²) in [7, 11) is 1.47. The van der Waals surface area contributed by atoms with Gasteiger partial charge in [-0.25, -0.2) is 0 Å². The summed E-state index contributed by atoms with van der Waals surface area (Å²) in [5.41, 5.74) is -0.590. The van der Waals surface area contributed by atoms with Gasteiger partial charge in [0.05, 0.1) is 7.11 Å². The topological polar surface area (TPSA) is 41.6 Å². The summed E-state index contributed by atoms with van der Waals surface area (Å²) in [6.07, 6.45) is 3.35. The van der Waals surface area contributed by atoms with Crippen LogP contribution in [0.15, 0.2) is 0 Å². The van der Waals surface area contributed by atoms with Crippen LogP contribution in [0.2, 0.25) is 0 Å². The van der Waals surface area contributed by atoms with Crippen LogP contribution in [-0.4, -0.2) is 48.7 Å². The maximum absolute atomic E-state index is 12.1. The molecule has 1 N–H and O–H groups in total. The fourth-order valence-corrected chi connectivity index (χ4v) is 3.35. The number of carbonyl (C=O) groups is 1. The zero-order chi connectivity index (χ0) is 15.3. The van der Waals surface area contributed by atoms with Gasteiger partial charge in [-0.3, -0.25) is 10.1 Å². The quantitative estimate of drug-likeness (QED) is 0.729. The lowest BCUT2D eigenvalue weighted by atomic mass is 9.95. The number of methoxy groups -OCH3 is 1. The molecule has 0 aromatic rings. The van der Waals surface area contributed by atoms with Crippen LogP contribution < -0.4 is 5.32 Å². The van der Waals surface area contributed by atoms with Gasteiger partial charge in [-0.15, -0.1) is 0 Å². The highest BCUT2D eigenvalue weighted by molar-refractivity contribution is 5.80. The van der Waals surface area contributed by atoms with E-state index in [1.54, 1.807) is 0 Å². The highest BCUT2D eigenvalue weighted by Gasteiger charge is 2.36. The van der Waals surface area contributed by atoms with E-state index in [9.17, 15) is 4.79 Å². The third-order valence-electron chi connectivity index (χ3n) is 4.33. The van der Waals surface area contributed by atoms with Crippen molar-refractivity contribution in [3.63, 3.8) is 0 Å². The van der Waals surface area contributed by atoms with Gasteiger partial charge in [-0.2, -0.15) is 0 Å². The van der Waals surface area contributed by atoms with Gasteiger partial charge in [-0.05, 0) is 52.5 Å². The van der Waals surface area contributed by atoms with E-state index in [1.165, 1.54) is 20.0 Å². The summed E-state index contributed by atoms with van der Waals surface area (Å²) < 4.78 is 4.99. The molecule has 4 nitrogen and oxygen atoms in total. The average molecular weight is 284 g/mol. The maximum Gasteiger partial charge on any atom is 0.325 e. The van der Waals surface area contributed by atoms with E-state index < -0.39 is 5.54 Å². The number of nitrogens with zero attached hydrogens (tertiary/aromatic N) is 1. The molecule has 1 rings (SSSR count). The Kier molecular flexibility index (Phi) is 6.46. The molecular formula is C16H32N2O2. The van der Waals surface area contributed by atoms with Crippen molar-refractivity contribution in [1.82, 2.24) is 10.2 Å². The van der Waals surface area contributed by atoms with Crippen molar-refractivity contribution >= 4 is 5.97 Å². The van der Waals surface area contributed by atoms with Crippen LogP contribution in [0.3, 0.4) is 0 Å². The Labute approximate surface area is 124 Å². The summed E-state index contributed by atoms with van der Waals surface area (Å²) in [6.45, 7) is 12.8. The van der Waals surface area contributed by atoms with E-state index in [0.29, 0.717) is 12.0 Å². The van der Waals surface area contributed by atoms with Gasteiger partial charge in [0.25, 0.3) is 0 Å². The molecular weight excluding hydrogens is 252 g/mol. The molecule has 1 heterocycles.